The standard InChI is InChI=1S/C11H14F2N2OS/c1-17-4-2-3-15-11(16)7-5-10(14)9(13)6-8(7)12/h5-6H,2-4,14H2,1H3,(H,15,16). The third kappa shape index (κ3) is 3.89. The Morgan fingerprint density at radius 3 is 2.76 bits per heavy atom. The second-order valence-corrected chi connectivity index (χ2v) is 4.44. The molecule has 0 saturated heterocycles. The molecule has 0 aliphatic heterocycles. The number of rotatable bonds is 5. The molecule has 0 atom stereocenters. The Bertz CT molecular complexity index is 413. The summed E-state index contributed by atoms with van der Waals surface area (Å²) in [6, 6.07) is 1.63. The van der Waals surface area contributed by atoms with Crippen molar-refractivity contribution < 1.29 is 13.6 Å². The highest BCUT2D eigenvalue weighted by atomic mass is 32.2. The predicted molar refractivity (Wildman–Crippen MR) is 66.1 cm³/mol. The van der Waals surface area contributed by atoms with Gasteiger partial charge in [-0.05, 0) is 24.5 Å². The van der Waals surface area contributed by atoms with E-state index in [1.807, 2.05) is 6.26 Å². The minimum Gasteiger partial charge on any atom is -0.396 e. The average Bonchev–Trinajstić information content (AvgIpc) is 2.29. The molecule has 17 heavy (non-hydrogen) atoms. The highest BCUT2D eigenvalue weighted by Crippen LogP contribution is 2.16. The van der Waals surface area contributed by atoms with Crippen LogP contribution in [-0.2, 0) is 0 Å². The van der Waals surface area contributed by atoms with Gasteiger partial charge in [-0.1, -0.05) is 0 Å². The van der Waals surface area contributed by atoms with Crippen LogP contribution in [-0.4, -0.2) is 24.5 Å². The van der Waals surface area contributed by atoms with Gasteiger partial charge in [0.2, 0.25) is 0 Å². The number of hydrogen-bond acceptors (Lipinski definition) is 3. The molecule has 0 radical (unpaired) electrons. The third-order valence-corrected chi connectivity index (χ3v) is 2.84. The number of benzene rings is 1. The smallest absolute Gasteiger partial charge is 0.254 e. The normalized spacial score (nSPS) is 10.3. The van der Waals surface area contributed by atoms with Gasteiger partial charge in [-0.15, -0.1) is 0 Å². The molecule has 0 spiro atoms. The second kappa shape index (κ2) is 6.44. The molecular formula is C11H14F2N2OS. The van der Waals surface area contributed by atoms with Crippen LogP contribution in [0.4, 0.5) is 14.5 Å². The molecule has 1 aromatic carbocycles. The van der Waals surface area contributed by atoms with Crippen LogP contribution in [0.2, 0.25) is 0 Å². The molecule has 0 fully saturated rings. The molecular weight excluding hydrogens is 246 g/mol. The molecule has 0 aromatic heterocycles. The molecule has 0 bridgehead atoms. The lowest BCUT2D eigenvalue weighted by Crippen LogP contribution is -2.26. The summed E-state index contributed by atoms with van der Waals surface area (Å²) in [7, 11) is 0. The maximum absolute atomic E-state index is 13.3. The van der Waals surface area contributed by atoms with Crippen LogP contribution in [0.3, 0.4) is 0 Å². The Morgan fingerprint density at radius 1 is 1.41 bits per heavy atom. The fourth-order valence-electron chi connectivity index (χ4n) is 1.25. The van der Waals surface area contributed by atoms with Crippen LogP contribution in [0.1, 0.15) is 16.8 Å². The summed E-state index contributed by atoms with van der Waals surface area (Å²) >= 11 is 1.66. The zero-order valence-electron chi connectivity index (χ0n) is 9.43. The van der Waals surface area contributed by atoms with Crippen LogP contribution in [0, 0.1) is 11.6 Å². The Kier molecular flexibility index (Phi) is 5.21. The van der Waals surface area contributed by atoms with Crippen molar-refractivity contribution in [3.05, 3.63) is 29.3 Å². The Labute approximate surface area is 103 Å². The molecule has 3 N–H and O–H groups in total. The first-order chi connectivity index (χ1) is 8.06. The molecule has 0 aliphatic carbocycles. The first kappa shape index (κ1) is 13.8. The largest absolute Gasteiger partial charge is 0.396 e. The maximum atomic E-state index is 13.3. The number of halogens is 2. The Hall–Kier alpha value is -1.30. The number of nitrogens with two attached hydrogens (primary N) is 1. The molecule has 6 heteroatoms. The summed E-state index contributed by atoms with van der Waals surface area (Å²) in [6.07, 6.45) is 2.76. The number of carbonyl (C=O) groups excluding carboxylic acids is 1. The van der Waals surface area contributed by atoms with E-state index in [-0.39, 0.29) is 11.3 Å². The van der Waals surface area contributed by atoms with Crippen molar-refractivity contribution in [3.8, 4) is 0 Å². The molecule has 94 valence electrons. The fourth-order valence-corrected chi connectivity index (χ4v) is 1.69. The highest BCUT2D eigenvalue weighted by Gasteiger charge is 2.14. The number of hydrogen-bond donors (Lipinski definition) is 2. The zero-order chi connectivity index (χ0) is 12.8. The van der Waals surface area contributed by atoms with Crippen molar-refractivity contribution in [2.45, 2.75) is 6.42 Å². The first-order valence-electron chi connectivity index (χ1n) is 5.08. The predicted octanol–water partition coefficient (Wildman–Crippen LogP) is 2.03. The monoisotopic (exact) mass is 260 g/mol. The molecule has 1 aromatic rings. The van der Waals surface area contributed by atoms with Crippen molar-refractivity contribution >= 4 is 23.4 Å². The minimum absolute atomic E-state index is 0.229. The quantitative estimate of drug-likeness (QED) is 0.629. The van der Waals surface area contributed by atoms with Gasteiger partial charge in [0.15, 0.2) is 0 Å². The van der Waals surface area contributed by atoms with Crippen LogP contribution < -0.4 is 11.1 Å². The highest BCUT2D eigenvalue weighted by molar-refractivity contribution is 7.98. The molecule has 0 heterocycles. The lowest BCUT2D eigenvalue weighted by Gasteiger charge is -2.07. The molecule has 0 saturated carbocycles. The SMILES string of the molecule is CSCCCNC(=O)c1cc(N)c(F)cc1F. The van der Waals surface area contributed by atoms with Gasteiger partial charge in [0.05, 0.1) is 11.3 Å². The lowest BCUT2D eigenvalue weighted by atomic mass is 10.1. The van der Waals surface area contributed by atoms with Crippen molar-refractivity contribution in [1.29, 1.82) is 0 Å². The number of nitrogen functional groups attached to an aromatic ring is 1. The van der Waals surface area contributed by atoms with Crippen molar-refractivity contribution in [1.82, 2.24) is 5.32 Å². The average molecular weight is 260 g/mol. The van der Waals surface area contributed by atoms with Gasteiger partial charge < -0.3 is 11.1 Å². The van der Waals surface area contributed by atoms with E-state index in [1.54, 1.807) is 11.8 Å². The number of nitrogens with one attached hydrogen (secondary N) is 1. The molecule has 0 aliphatic rings. The van der Waals surface area contributed by atoms with E-state index in [9.17, 15) is 13.6 Å². The fraction of sp³-hybridized carbons (Fsp3) is 0.364. The van der Waals surface area contributed by atoms with E-state index in [4.69, 9.17) is 5.73 Å². The van der Waals surface area contributed by atoms with Gasteiger partial charge in [-0.3, -0.25) is 4.79 Å². The van der Waals surface area contributed by atoms with Gasteiger partial charge >= 0.3 is 0 Å². The molecule has 3 nitrogen and oxygen atoms in total. The summed E-state index contributed by atoms with van der Waals surface area (Å²) in [5.41, 5.74) is 4.81. The van der Waals surface area contributed by atoms with Gasteiger partial charge in [-0.25, -0.2) is 8.78 Å². The number of anilines is 1. The lowest BCUT2D eigenvalue weighted by molar-refractivity contribution is 0.0949. The molecule has 0 unspecified atom stereocenters. The molecule has 1 amide bonds. The summed E-state index contributed by atoms with van der Waals surface area (Å²) in [5, 5.41) is 2.55. The van der Waals surface area contributed by atoms with E-state index in [2.05, 4.69) is 5.32 Å². The molecule has 1 rings (SSSR count). The van der Waals surface area contributed by atoms with E-state index in [0.29, 0.717) is 12.6 Å². The van der Waals surface area contributed by atoms with Crippen LogP contribution in [0.25, 0.3) is 0 Å². The van der Waals surface area contributed by atoms with E-state index < -0.39 is 17.5 Å². The van der Waals surface area contributed by atoms with Crippen molar-refractivity contribution in [2.75, 3.05) is 24.3 Å². The van der Waals surface area contributed by atoms with Gasteiger partial charge in [0, 0.05) is 12.6 Å². The van der Waals surface area contributed by atoms with E-state index >= 15 is 0 Å². The van der Waals surface area contributed by atoms with E-state index in [0.717, 1.165) is 18.2 Å². The van der Waals surface area contributed by atoms with Gasteiger partial charge in [-0.2, -0.15) is 11.8 Å². The van der Waals surface area contributed by atoms with Gasteiger partial charge in [0.1, 0.15) is 11.6 Å². The van der Waals surface area contributed by atoms with Gasteiger partial charge in [0.25, 0.3) is 5.91 Å². The first-order valence-corrected chi connectivity index (χ1v) is 6.47. The van der Waals surface area contributed by atoms with Crippen LogP contribution in [0.15, 0.2) is 12.1 Å². The summed E-state index contributed by atoms with van der Waals surface area (Å²) in [6.45, 7) is 0.455. The van der Waals surface area contributed by atoms with Crippen molar-refractivity contribution in [2.24, 2.45) is 0 Å². The number of carbonyl (C=O) groups is 1. The van der Waals surface area contributed by atoms with E-state index in [1.165, 1.54) is 0 Å². The van der Waals surface area contributed by atoms with Crippen LogP contribution in [0.5, 0.6) is 0 Å². The van der Waals surface area contributed by atoms with Crippen molar-refractivity contribution in [3.63, 3.8) is 0 Å². The zero-order valence-corrected chi connectivity index (χ0v) is 10.2. The summed E-state index contributed by atoms with van der Waals surface area (Å²) in [4.78, 5) is 11.6. The Balaban J connectivity index is 2.66. The van der Waals surface area contributed by atoms with Crippen LogP contribution >= 0.6 is 11.8 Å². The third-order valence-electron chi connectivity index (χ3n) is 2.14. The maximum Gasteiger partial charge on any atom is 0.254 e. The second-order valence-electron chi connectivity index (χ2n) is 3.46. The summed E-state index contributed by atoms with van der Waals surface area (Å²) in [5.74, 6) is -1.43. The number of thioether (sulfide) groups is 1. The minimum atomic E-state index is -0.904. The summed E-state index contributed by atoms with van der Waals surface area (Å²) < 4.78 is 26.2. The number of amides is 1. The Morgan fingerprint density at radius 2 is 2.12 bits per heavy atom. The topological polar surface area (TPSA) is 55.1 Å².